The van der Waals surface area contributed by atoms with E-state index >= 15 is 0 Å². The van der Waals surface area contributed by atoms with Crippen molar-refractivity contribution >= 4 is 42.6 Å². The molecule has 4 aliphatic rings. The monoisotopic (exact) mass is 1090 g/mol. The number of alkyl carbamates (subject to hydrolysis) is 1. The third-order valence-corrected chi connectivity index (χ3v) is 19.7. The van der Waals surface area contributed by atoms with Crippen molar-refractivity contribution in [3.8, 4) is 0 Å². The molecule has 3 saturated heterocycles. The van der Waals surface area contributed by atoms with Gasteiger partial charge in [0.2, 0.25) is 0 Å². The summed E-state index contributed by atoms with van der Waals surface area (Å²) in [6.07, 6.45) is -14.4. The average molecular weight is 1090 g/mol. The maximum Gasteiger partial charge on any atom is 0.407 e. The van der Waals surface area contributed by atoms with E-state index in [9.17, 15) is 29.4 Å². The van der Waals surface area contributed by atoms with Crippen LogP contribution in [0.5, 0.6) is 0 Å². The molecule has 3 amide bonds. The first-order chi connectivity index (χ1) is 38.3. The van der Waals surface area contributed by atoms with Crippen molar-refractivity contribution in [3.63, 3.8) is 0 Å². The Morgan fingerprint density at radius 1 is 0.684 bits per heavy atom. The van der Waals surface area contributed by atoms with Crippen molar-refractivity contribution in [2.75, 3.05) is 26.4 Å². The molecule has 11 atom stereocenters. The van der Waals surface area contributed by atoms with Crippen LogP contribution in [0.2, 0.25) is 5.04 Å². The van der Waals surface area contributed by atoms with Crippen molar-refractivity contribution < 1.29 is 71.7 Å². The van der Waals surface area contributed by atoms with Crippen molar-refractivity contribution in [2.45, 2.75) is 106 Å². The Balaban J connectivity index is 0.991. The van der Waals surface area contributed by atoms with Crippen molar-refractivity contribution in [1.82, 2.24) is 10.2 Å². The number of nitrogens with zero attached hydrogens (tertiary/aromatic N) is 1. The first kappa shape index (κ1) is 55.4. The second kappa shape index (κ2) is 24.6. The van der Waals surface area contributed by atoms with E-state index in [1.54, 1.807) is 42.5 Å². The molecule has 0 spiro atoms. The van der Waals surface area contributed by atoms with Crippen LogP contribution in [-0.4, -0.2) is 135 Å². The summed E-state index contributed by atoms with van der Waals surface area (Å²) in [5, 5.41) is 29.8. The van der Waals surface area contributed by atoms with Gasteiger partial charge in [-0.1, -0.05) is 172 Å². The molecule has 0 bridgehead atoms. The molecule has 4 heterocycles. The van der Waals surface area contributed by atoms with Gasteiger partial charge in [-0.15, -0.1) is 0 Å². The van der Waals surface area contributed by atoms with Crippen molar-refractivity contribution in [1.29, 1.82) is 0 Å². The summed E-state index contributed by atoms with van der Waals surface area (Å²) < 4.78 is 58.4. The third kappa shape index (κ3) is 11.9. The zero-order valence-corrected chi connectivity index (χ0v) is 45.0. The Labute approximate surface area is 459 Å². The van der Waals surface area contributed by atoms with Crippen LogP contribution in [0.15, 0.2) is 176 Å². The van der Waals surface area contributed by atoms with Gasteiger partial charge in [-0.3, -0.25) is 14.5 Å². The summed E-state index contributed by atoms with van der Waals surface area (Å²) in [6.45, 7) is 6.07. The topological polar surface area (TPSA) is 207 Å². The van der Waals surface area contributed by atoms with Crippen LogP contribution in [-0.2, 0) is 48.9 Å². The van der Waals surface area contributed by atoms with Crippen molar-refractivity contribution in [2.24, 2.45) is 0 Å². The summed E-state index contributed by atoms with van der Waals surface area (Å²) in [4.78, 5) is 56.5. The number of hydrogen-bond donors (Lipinski definition) is 3. The van der Waals surface area contributed by atoms with Gasteiger partial charge in [0.15, 0.2) is 25.0 Å². The van der Waals surface area contributed by atoms with Gasteiger partial charge in [-0.05, 0) is 51.7 Å². The molecular weight excluding hydrogens is 1030 g/mol. The summed E-state index contributed by atoms with van der Waals surface area (Å²) >= 11 is 0. The lowest BCUT2D eigenvalue weighted by Gasteiger charge is -2.51. The lowest BCUT2D eigenvalue weighted by Crippen LogP contribution is -2.71. The molecule has 0 aromatic heterocycles. The molecule has 10 rings (SSSR count). The molecule has 3 N–H and O–H groups in total. The fourth-order valence-electron chi connectivity index (χ4n) is 10.8. The third-order valence-electron chi connectivity index (χ3n) is 14.7. The van der Waals surface area contributed by atoms with E-state index in [-0.39, 0.29) is 56.1 Å². The smallest absolute Gasteiger partial charge is 0.407 e. The molecule has 3 fully saturated rings. The number of fused-ring (bicyclic) bond motifs is 2. The van der Waals surface area contributed by atoms with Crippen LogP contribution in [0.3, 0.4) is 0 Å². The minimum atomic E-state index is -3.38. The number of carbonyl (C=O) groups excluding carboxylic acids is 4. The quantitative estimate of drug-likeness (QED) is 0.0366. The first-order valence-corrected chi connectivity index (χ1v) is 28.4. The highest BCUT2D eigenvalue weighted by Gasteiger charge is 2.59. The van der Waals surface area contributed by atoms with E-state index in [1.165, 1.54) is 12.1 Å². The van der Waals surface area contributed by atoms with Gasteiger partial charge < -0.3 is 57.9 Å². The summed E-state index contributed by atoms with van der Waals surface area (Å²) in [7, 11) is -3.38. The van der Waals surface area contributed by atoms with Gasteiger partial charge in [-0.25, -0.2) is 9.59 Å². The molecule has 79 heavy (non-hydrogen) atoms. The van der Waals surface area contributed by atoms with Gasteiger partial charge in [0.25, 0.3) is 20.1 Å². The summed E-state index contributed by atoms with van der Waals surface area (Å²) in [6, 6.07) is 51.2. The highest BCUT2D eigenvalue weighted by atomic mass is 28.4. The number of esters is 1. The zero-order chi connectivity index (χ0) is 55.1. The molecule has 1 unspecified atom stereocenters. The van der Waals surface area contributed by atoms with Crippen LogP contribution in [0.25, 0.3) is 0 Å². The second-order valence-corrected chi connectivity index (χ2v) is 25.1. The Morgan fingerprint density at radius 2 is 1.25 bits per heavy atom. The number of aliphatic hydroxyl groups excluding tert-OH is 2. The molecule has 4 aliphatic heterocycles. The Bertz CT molecular complexity index is 2940. The van der Waals surface area contributed by atoms with E-state index in [0.29, 0.717) is 5.56 Å². The van der Waals surface area contributed by atoms with Gasteiger partial charge in [0.05, 0.1) is 36.5 Å². The lowest BCUT2D eigenvalue weighted by atomic mass is 9.94. The fraction of sp³-hybridized carbons (Fsp3) is 0.344. The van der Waals surface area contributed by atoms with Gasteiger partial charge >= 0.3 is 12.1 Å². The molecule has 0 aliphatic carbocycles. The SMILES string of the molecule is CC(C)(C)[Si](OC[C@H]1O[C@@H](OCCCNC(=O)OCc2ccccc2)[C@H](N2C(=O)c3ccccc3C2=O)[C@@H](O)[C@@H]1O[C@@H]1O[C@@H]2COC(c3ccccc3)O[C@@H]2[C@H](OC(=O)c2ccccc2)[C@H]1O)(c1ccccc1)c1ccccc1. The molecule has 0 radical (unpaired) electrons. The standard InChI is InChI=1S/C61H64N2O15Si/c1-61(2,3)79(42-28-15-7-16-29-42,43-30-17-8-18-31-43)73-38-47-51(77-59-50(65)53(76-56(68)40-24-11-5-12-25-40)52-46(75-59)37-71-57(78-52)41-26-13-6-14-27-41)49(64)48(63-54(66)44-32-19-20-33-45(44)55(63)67)58(74-47)70-35-21-34-62-60(69)72-36-39-22-9-4-10-23-39/h4-20,22-33,46-53,57-59,64-65H,21,34-38H2,1-3H3,(H,62,69)/t46-,47-,48-,49-,50-,51-,52+,53-,57?,58-,59+/m1/s1. The van der Waals surface area contributed by atoms with Crippen LogP contribution < -0.4 is 15.7 Å². The van der Waals surface area contributed by atoms with Crippen LogP contribution >= 0.6 is 0 Å². The van der Waals surface area contributed by atoms with Crippen molar-refractivity contribution in [3.05, 3.63) is 204 Å². The number of imide groups is 1. The minimum Gasteiger partial charge on any atom is -0.453 e. The van der Waals surface area contributed by atoms with E-state index in [4.69, 9.17) is 42.3 Å². The largest absolute Gasteiger partial charge is 0.453 e. The number of ether oxygens (including phenoxy) is 8. The first-order valence-electron chi connectivity index (χ1n) is 26.5. The Morgan fingerprint density at radius 3 is 1.86 bits per heavy atom. The lowest BCUT2D eigenvalue weighted by molar-refractivity contribution is -0.381. The van der Waals surface area contributed by atoms with Gasteiger partial charge in [0.1, 0.15) is 49.3 Å². The van der Waals surface area contributed by atoms with Crippen LogP contribution in [0.1, 0.15) is 75.7 Å². The number of benzene rings is 6. The van der Waals surface area contributed by atoms with Gasteiger partial charge in [0, 0.05) is 12.1 Å². The van der Waals surface area contributed by atoms with E-state index in [2.05, 4.69) is 26.1 Å². The normalized spacial score (nSPS) is 25.9. The number of amides is 3. The highest BCUT2D eigenvalue weighted by molar-refractivity contribution is 6.99. The Hall–Kier alpha value is -6.94. The predicted octanol–water partition coefficient (Wildman–Crippen LogP) is 6.46. The predicted molar refractivity (Wildman–Crippen MR) is 289 cm³/mol. The van der Waals surface area contributed by atoms with E-state index in [1.807, 2.05) is 121 Å². The second-order valence-electron chi connectivity index (χ2n) is 20.8. The average Bonchev–Trinajstić information content (AvgIpc) is 3.91. The summed E-state index contributed by atoms with van der Waals surface area (Å²) in [5.74, 6) is -2.17. The molecule has 17 nitrogen and oxygen atoms in total. The molecular formula is C61H64N2O15Si. The highest BCUT2D eigenvalue weighted by Crippen LogP contribution is 2.41. The molecule has 18 heteroatoms. The Kier molecular flexibility index (Phi) is 17.2. The number of nitrogens with one attached hydrogen (secondary N) is 1. The molecule has 412 valence electrons. The van der Waals surface area contributed by atoms with E-state index in [0.717, 1.165) is 20.8 Å². The fourth-order valence-corrected chi connectivity index (χ4v) is 15.4. The number of rotatable bonds is 18. The maximum atomic E-state index is 14.5. The molecule has 0 saturated carbocycles. The minimum absolute atomic E-state index is 0.0689. The van der Waals surface area contributed by atoms with Crippen LogP contribution in [0.4, 0.5) is 4.79 Å². The number of aliphatic hydroxyl groups is 2. The van der Waals surface area contributed by atoms with E-state index < -0.39 is 105 Å². The van der Waals surface area contributed by atoms with Gasteiger partial charge in [-0.2, -0.15) is 0 Å². The molecule has 6 aromatic carbocycles. The van der Waals surface area contributed by atoms with Crippen LogP contribution in [0, 0.1) is 0 Å². The maximum absolute atomic E-state index is 14.5. The zero-order valence-electron chi connectivity index (χ0n) is 44.0. The summed E-state index contributed by atoms with van der Waals surface area (Å²) in [5.41, 5.74) is 1.93. The number of carbonyl (C=O) groups is 4. The number of hydrogen-bond acceptors (Lipinski definition) is 15. The molecule has 6 aromatic rings.